The van der Waals surface area contributed by atoms with Crippen molar-refractivity contribution in [2.24, 2.45) is 0 Å². The first-order chi connectivity index (χ1) is 19.4. The molecule has 0 saturated heterocycles. The van der Waals surface area contributed by atoms with Gasteiger partial charge in [0, 0.05) is 40.0 Å². The Kier molecular flexibility index (Phi) is 8.64. The van der Waals surface area contributed by atoms with Crippen molar-refractivity contribution in [3.63, 3.8) is 0 Å². The van der Waals surface area contributed by atoms with E-state index in [0.717, 1.165) is 11.1 Å². The van der Waals surface area contributed by atoms with Crippen molar-refractivity contribution in [3.05, 3.63) is 136 Å². The number of rotatable bonds is 8. The Morgan fingerprint density at radius 3 is 1.27 bits per heavy atom. The summed E-state index contributed by atoms with van der Waals surface area (Å²) in [5.41, 5.74) is 3.02. The number of hydrogen-bond acceptors (Lipinski definition) is 6. The summed E-state index contributed by atoms with van der Waals surface area (Å²) < 4.78 is 0.439. The highest BCUT2D eigenvalue weighted by Gasteiger charge is 2.24. The molecule has 10 nitrogen and oxygen atoms in total. The molecule has 0 aromatic heterocycles. The highest BCUT2D eigenvalue weighted by Crippen LogP contribution is 2.33. The number of carbonyl (C=O) groups excluding carboxylic acids is 2. The number of halogens is 2. The molecule has 0 bridgehead atoms. The molecule has 41 heavy (non-hydrogen) atoms. The molecule has 0 atom stereocenters. The topological polar surface area (TPSA) is 144 Å². The molecule has 4 aromatic rings. The lowest BCUT2D eigenvalue weighted by Gasteiger charge is -2.26. The average molecular weight is 682 g/mol. The second-order valence-corrected chi connectivity index (χ2v) is 11.2. The molecule has 0 radical (unpaired) electrons. The maximum Gasteiger partial charge on any atom is 0.283 e. The van der Waals surface area contributed by atoms with Gasteiger partial charge in [-0.2, -0.15) is 0 Å². The van der Waals surface area contributed by atoms with Gasteiger partial charge >= 0.3 is 0 Å². The molecular weight excluding hydrogens is 660 g/mol. The van der Waals surface area contributed by atoms with Gasteiger partial charge < -0.3 is 10.6 Å². The summed E-state index contributed by atoms with van der Waals surface area (Å²) >= 11 is 6.25. The van der Waals surface area contributed by atoms with Gasteiger partial charge in [-0.25, -0.2) is 0 Å². The SMILES string of the molecule is CC(C)(c1ccc(NC(=O)c2ccc([N+](=O)[O-])c(Br)c2)cc1)c1ccc(NC(=O)c2ccc([N+](=O)[O-])c(Br)c2)cc1. The van der Waals surface area contributed by atoms with E-state index in [-0.39, 0.29) is 31.4 Å². The van der Waals surface area contributed by atoms with Crippen LogP contribution in [0.15, 0.2) is 93.9 Å². The number of benzene rings is 4. The second-order valence-electron chi connectivity index (χ2n) is 9.53. The van der Waals surface area contributed by atoms with Gasteiger partial charge in [0.1, 0.15) is 0 Å². The van der Waals surface area contributed by atoms with Crippen LogP contribution in [-0.4, -0.2) is 21.7 Å². The summed E-state index contributed by atoms with van der Waals surface area (Å²) in [6, 6.07) is 22.9. The molecule has 2 amide bonds. The zero-order valence-electron chi connectivity index (χ0n) is 21.7. The first kappa shape index (κ1) is 29.6. The van der Waals surface area contributed by atoms with Crippen LogP contribution in [-0.2, 0) is 5.41 Å². The van der Waals surface area contributed by atoms with Crippen LogP contribution in [0.2, 0.25) is 0 Å². The number of nitrogens with one attached hydrogen (secondary N) is 2. The minimum atomic E-state index is -0.531. The van der Waals surface area contributed by atoms with Crippen molar-refractivity contribution in [2.75, 3.05) is 10.6 Å². The molecule has 12 heteroatoms. The van der Waals surface area contributed by atoms with Crippen molar-refractivity contribution >= 4 is 66.4 Å². The lowest BCUT2D eigenvalue weighted by Crippen LogP contribution is -2.19. The Labute approximate surface area is 251 Å². The summed E-state index contributed by atoms with van der Waals surface area (Å²) in [5.74, 6) is -0.794. The molecule has 0 unspecified atom stereocenters. The maximum absolute atomic E-state index is 12.6. The Morgan fingerprint density at radius 1 is 0.634 bits per heavy atom. The fourth-order valence-corrected chi connectivity index (χ4v) is 5.15. The van der Waals surface area contributed by atoms with Gasteiger partial charge in [0.15, 0.2) is 0 Å². The average Bonchev–Trinajstić information content (AvgIpc) is 2.93. The largest absolute Gasteiger partial charge is 0.322 e. The lowest BCUT2D eigenvalue weighted by atomic mass is 9.78. The number of anilines is 2. The first-order valence-electron chi connectivity index (χ1n) is 12.1. The minimum absolute atomic E-state index is 0.124. The molecule has 0 heterocycles. The van der Waals surface area contributed by atoms with Crippen LogP contribution in [0.5, 0.6) is 0 Å². The Hall–Kier alpha value is -4.42. The zero-order chi connectivity index (χ0) is 29.9. The normalized spacial score (nSPS) is 11.0. The molecular formula is C29H22Br2N4O6. The Morgan fingerprint density at radius 2 is 0.976 bits per heavy atom. The molecule has 0 aliphatic carbocycles. The van der Waals surface area contributed by atoms with Crippen molar-refractivity contribution < 1.29 is 19.4 Å². The van der Waals surface area contributed by atoms with Gasteiger partial charge in [-0.15, -0.1) is 0 Å². The highest BCUT2D eigenvalue weighted by molar-refractivity contribution is 9.11. The second kappa shape index (κ2) is 12.0. The molecule has 208 valence electrons. The summed E-state index contributed by atoms with van der Waals surface area (Å²) in [4.78, 5) is 46.2. The summed E-state index contributed by atoms with van der Waals surface area (Å²) in [7, 11) is 0. The van der Waals surface area contributed by atoms with Crippen LogP contribution in [0.4, 0.5) is 22.7 Å². The van der Waals surface area contributed by atoms with Crippen LogP contribution in [0.3, 0.4) is 0 Å². The van der Waals surface area contributed by atoms with E-state index >= 15 is 0 Å². The standard InChI is InChI=1S/C29H22Br2N4O6/c1-29(2,19-5-9-21(10-6-19)32-27(36)17-3-13-25(34(38)39)23(30)15-17)20-7-11-22(12-8-20)33-28(37)18-4-14-26(35(40)41)24(31)16-18/h3-16H,1-2H3,(H,32,36)(H,33,37). The maximum atomic E-state index is 12.6. The molecule has 0 spiro atoms. The van der Waals surface area contributed by atoms with Gasteiger partial charge in [-0.1, -0.05) is 38.1 Å². The lowest BCUT2D eigenvalue weighted by molar-refractivity contribution is -0.385. The Bertz CT molecular complexity index is 1550. The summed E-state index contributed by atoms with van der Waals surface area (Å²) in [6.07, 6.45) is 0. The summed E-state index contributed by atoms with van der Waals surface area (Å²) in [5, 5.41) is 27.6. The van der Waals surface area contributed by atoms with Crippen molar-refractivity contribution in [2.45, 2.75) is 19.3 Å². The van der Waals surface area contributed by atoms with Crippen LogP contribution in [0, 0.1) is 20.2 Å². The molecule has 4 aromatic carbocycles. The van der Waals surface area contributed by atoms with Gasteiger partial charge in [-0.3, -0.25) is 29.8 Å². The van der Waals surface area contributed by atoms with Gasteiger partial charge in [0.2, 0.25) is 0 Å². The van der Waals surface area contributed by atoms with Crippen LogP contribution < -0.4 is 10.6 Å². The number of amides is 2. The molecule has 0 fully saturated rings. The molecule has 0 aliphatic heterocycles. The van der Waals surface area contributed by atoms with E-state index in [2.05, 4.69) is 56.3 Å². The van der Waals surface area contributed by atoms with Gasteiger partial charge in [0.25, 0.3) is 23.2 Å². The molecule has 4 rings (SSSR count). The van der Waals surface area contributed by atoms with E-state index in [1.54, 1.807) is 24.3 Å². The third-order valence-electron chi connectivity index (χ3n) is 6.54. The van der Waals surface area contributed by atoms with E-state index in [9.17, 15) is 29.8 Å². The quantitative estimate of drug-likeness (QED) is 0.143. The number of carbonyl (C=O) groups is 2. The minimum Gasteiger partial charge on any atom is -0.322 e. The van der Waals surface area contributed by atoms with E-state index in [4.69, 9.17) is 0 Å². The number of nitrogens with zero attached hydrogens (tertiary/aromatic N) is 2. The molecule has 0 saturated carbocycles. The first-order valence-corrected chi connectivity index (χ1v) is 13.7. The van der Waals surface area contributed by atoms with Gasteiger partial charge in [0.05, 0.1) is 18.8 Å². The number of nitro benzene ring substituents is 2. The third-order valence-corrected chi connectivity index (χ3v) is 7.81. The van der Waals surface area contributed by atoms with Crippen molar-refractivity contribution in [3.8, 4) is 0 Å². The number of hydrogen-bond donors (Lipinski definition) is 2. The van der Waals surface area contributed by atoms with E-state index in [1.165, 1.54) is 36.4 Å². The summed E-state index contributed by atoms with van der Waals surface area (Å²) in [6.45, 7) is 4.11. The smallest absolute Gasteiger partial charge is 0.283 e. The number of nitro groups is 2. The fraction of sp³-hybridized carbons (Fsp3) is 0.103. The van der Waals surface area contributed by atoms with Crippen LogP contribution in [0.25, 0.3) is 0 Å². The Balaban J connectivity index is 1.43. The van der Waals surface area contributed by atoms with E-state index in [1.807, 2.05) is 24.3 Å². The van der Waals surface area contributed by atoms with Crippen LogP contribution >= 0.6 is 31.9 Å². The van der Waals surface area contributed by atoms with Crippen molar-refractivity contribution in [1.82, 2.24) is 0 Å². The monoisotopic (exact) mass is 680 g/mol. The van der Waals surface area contributed by atoms with Crippen LogP contribution in [0.1, 0.15) is 45.7 Å². The van der Waals surface area contributed by atoms with E-state index < -0.39 is 27.1 Å². The molecule has 2 N–H and O–H groups in total. The highest BCUT2D eigenvalue weighted by atomic mass is 79.9. The van der Waals surface area contributed by atoms with E-state index in [0.29, 0.717) is 11.4 Å². The third kappa shape index (κ3) is 6.67. The zero-order valence-corrected chi connectivity index (χ0v) is 24.9. The van der Waals surface area contributed by atoms with Gasteiger partial charge in [-0.05, 0) is 91.5 Å². The fourth-order valence-electron chi connectivity index (χ4n) is 4.11. The van der Waals surface area contributed by atoms with Crippen molar-refractivity contribution in [1.29, 1.82) is 0 Å². The molecule has 0 aliphatic rings. The predicted molar refractivity (Wildman–Crippen MR) is 163 cm³/mol. The predicted octanol–water partition coefficient (Wildman–Crippen LogP) is 7.86.